The number of carbonyl (C=O) groups excluding carboxylic acids is 2. The zero-order valence-electron chi connectivity index (χ0n) is 16.3. The van der Waals surface area contributed by atoms with Crippen molar-refractivity contribution in [1.29, 1.82) is 0 Å². The Morgan fingerprint density at radius 3 is 2.46 bits per heavy atom. The Hall–Kier alpha value is -2.53. The number of benzene rings is 2. The number of nitrogens with one attached hydrogen (secondary N) is 2. The number of hydrogen-bond donors (Lipinski definition) is 2. The Labute approximate surface area is 171 Å². The van der Waals surface area contributed by atoms with Crippen LogP contribution in [-0.2, 0) is 13.0 Å². The van der Waals surface area contributed by atoms with Crippen molar-refractivity contribution in [3.63, 3.8) is 0 Å². The van der Waals surface area contributed by atoms with E-state index in [1.807, 2.05) is 12.1 Å². The zero-order chi connectivity index (χ0) is 20.1. The summed E-state index contributed by atoms with van der Waals surface area (Å²) in [4.78, 5) is 22.5. The average Bonchev–Trinajstić information content (AvgIpc) is 2.71. The van der Waals surface area contributed by atoms with E-state index in [0.29, 0.717) is 28.7 Å². The summed E-state index contributed by atoms with van der Waals surface area (Å²) in [5.74, 6) is 0.520. The Balaban J connectivity index is 1.65. The van der Waals surface area contributed by atoms with Crippen LogP contribution in [0.2, 0.25) is 0 Å². The lowest BCUT2D eigenvalue weighted by Gasteiger charge is -2.28. The molecular weight excluding hydrogens is 368 g/mol. The predicted molar refractivity (Wildman–Crippen MR) is 116 cm³/mol. The molecule has 1 atom stereocenters. The molecule has 0 radical (unpaired) electrons. The van der Waals surface area contributed by atoms with Gasteiger partial charge in [0.1, 0.15) is 0 Å². The number of fused-ring (bicyclic) bond motifs is 1. The molecule has 1 aliphatic rings. The van der Waals surface area contributed by atoms with Crippen molar-refractivity contribution >= 4 is 29.9 Å². The van der Waals surface area contributed by atoms with Gasteiger partial charge in [-0.25, -0.2) is 0 Å². The number of hydrogen-bond acceptors (Lipinski definition) is 3. The molecule has 2 N–H and O–H groups in total. The van der Waals surface area contributed by atoms with E-state index >= 15 is 0 Å². The van der Waals surface area contributed by atoms with Gasteiger partial charge in [0, 0.05) is 17.7 Å². The lowest BCUT2D eigenvalue weighted by atomic mass is 9.85. The van der Waals surface area contributed by atoms with E-state index < -0.39 is 0 Å². The molecule has 1 unspecified atom stereocenters. The van der Waals surface area contributed by atoms with Gasteiger partial charge in [-0.2, -0.15) is 0 Å². The minimum absolute atomic E-state index is 0.0477. The highest BCUT2D eigenvalue weighted by molar-refractivity contribution is 7.80. The quantitative estimate of drug-likeness (QED) is 0.559. The molecule has 2 aromatic carbocycles. The molecule has 0 saturated carbocycles. The van der Waals surface area contributed by atoms with Crippen LogP contribution in [0.1, 0.15) is 81.6 Å². The maximum atomic E-state index is 11.3. The Bertz CT molecular complexity index is 875. The van der Waals surface area contributed by atoms with Crippen molar-refractivity contribution in [1.82, 2.24) is 10.6 Å². The summed E-state index contributed by atoms with van der Waals surface area (Å²) < 4.78 is 0. The van der Waals surface area contributed by atoms with Gasteiger partial charge in [-0.05, 0) is 71.8 Å². The third-order valence-electron chi connectivity index (χ3n) is 5.32. The fourth-order valence-electron chi connectivity index (χ4n) is 3.66. The molecule has 0 amide bonds. The van der Waals surface area contributed by atoms with Crippen LogP contribution in [0, 0.1) is 0 Å². The first kappa shape index (κ1) is 20.2. The highest BCUT2D eigenvalue weighted by Crippen LogP contribution is 2.31. The minimum Gasteiger partial charge on any atom is -0.359 e. The van der Waals surface area contributed by atoms with Gasteiger partial charge in [0.25, 0.3) is 0 Å². The molecule has 28 heavy (non-hydrogen) atoms. The normalized spacial score (nSPS) is 15.6. The van der Waals surface area contributed by atoms with Crippen molar-refractivity contribution in [2.24, 2.45) is 0 Å². The molecule has 4 nitrogen and oxygen atoms in total. The molecule has 5 heteroatoms. The Morgan fingerprint density at radius 1 is 1.14 bits per heavy atom. The van der Waals surface area contributed by atoms with Crippen LogP contribution in [0.3, 0.4) is 0 Å². The van der Waals surface area contributed by atoms with E-state index in [0.717, 1.165) is 43.0 Å². The maximum Gasteiger partial charge on any atom is 0.167 e. The van der Waals surface area contributed by atoms with Gasteiger partial charge in [-0.15, -0.1) is 0 Å². The number of rotatable bonds is 6. The van der Waals surface area contributed by atoms with E-state index in [-0.39, 0.29) is 6.04 Å². The van der Waals surface area contributed by atoms with E-state index in [1.165, 1.54) is 11.1 Å². The zero-order valence-corrected chi connectivity index (χ0v) is 17.1. The summed E-state index contributed by atoms with van der Waals surface area (Å²) in [5.41, 5.74) is 5.57. The summed E-state index contributed by atoms with van der Waals surface area (Å²) in [6, 6.07) is 12.3. The van der Waals surface area contributed by atoms with Crippen molar-refractivity contribution in [3.8, 4) is 0 Å². The first-order valence-electron chi connectivity index (χ1n) is 9.72. The van der Waals surface area contributed by atoms with Gasteiger partial charge in [0.15, 0.2) is 17.7 Å². The van der Waals surface area contributed by atoms with Crippen LogP contribution in [0.15, 0.2) is 36.4 Å². The number of carbonyl (C=O) groups is 2. The molecule has 146 valence electrons. The molecule has 0 heterocycles. The molecular formula is C23H26N2O2S. The first-order chi connectivity index (χ1) is 13.5. The standard InChI is InChI=1S/C23H26N2O2S/c1-15(2)17-8-6-16(7-9-17)12-24-23(28)25-22-5-3-4-18-10-19(13-26)20(14-27)11-21(18)22/h6-11,13-15,22H,3-5,12H2,1-2H3,(H2,24,25,28). The second-order valence-corrected chi connectivity index (χ2v) is 7.99. The van der Waals surface area contributed by atoms with Gasteiger partial charge in [-0.1, -0.05) is 38.1 Å². The van der Waals surface area contributed by atoms with Crippen LogP contribution in [0.25, 0.3) is 0 Å². The highest BCUT2D eigenvalue weighted by Gasteiger charge is 2.22. The summed E-state index contributed by atoms with van der Waals surface area (Å²) in [6.45, 7) is 5.03. The lowest BCUT2D eigenvalue weighted by molar-refractivity contribution is 0.109. The van der Waals surface area contributed by atoms with E-state index in [4.69, 9.17) is 12.2 Å². The predicted octanol–water partition coefficient (Wildman–Crippen LogP) is 4.48. The second kappa shape index (κ2) is 9.11. The molecule has 3 rings (SSSR count). The number of aldehydes is 2. The monoisotopic (exact) mass is 394 g/mol. The Kier molecular flexibility index (Phi) is 6.57. The summed E-state index contributed by atoms with van der Waals surface area (Å²) in [5, 5.41) is 7.25. The molecule has 0 aliphatic heterocycles. The fraction of sp³-hybridized carbons (Fsp3) is 0.348. The van der Waals surface area contributed by atoms with Crippen LogP contribution >= 0.6 is 12.2 Å². The van der Waals surface area contributed by atoms with E-state index in [1.54, 1.807) is 0 Å². The minimum atomic E-state index is 0.0477. The maximum absolute atomic E-state index is 11.3. The topological polar surface area (TPSA) is 58.2 Å². The SMILES string of the molecule is CC(C)c1ccc(CNC(=S)NC2CCCc3cc(C=O)c(C=O)cc32)cc1. The van der Waals surface area contributed by atoms with Crippen molar-refractivity contribution < 1.29 is 9.59 Å². The molecule has 0 fully saturated rings. The highest BCUT2D eigenvalue weighted by atomic mass is 32.1. The van der Waals surface area contributed by atoms with Crippen LogP contribution < -0.4 is 10.6 Å². The number of aryl methyl sites for hydroxylation is 1. The smallest absolute Gasteiger partial charge is 0.167 e. The molecule has 0 aromatic heterocycles. The lowest BCUT2D eigenvalue weighted by Crippen LogP contribution is -2.38. The molecule has 0 bridgehead atoms. The molecule has 1 aliphatic carbocycles. The summed E-state index contributed by atoms with van der Waals surface area (Å²) in [6.07, 6.45) is 4.36. The molecule has 0 spiro atoms. The number of thiocarbonyl (C=S) groups is 1. The fourth-order valence-corrected chi connectivity index (χ4v) is 3.87. The second-order valence-electron chi connectivity index (χ2n) is 7.58. The van der Waals surface area contributed by atoms with Crippen molar-refractivity contribution in [3.05, 3.63) is 69.8 Å². The third-order valence-corrected chi connectivity index (χ3v) is 5.58. The first-order valence-corrected chi connectivity index (χ1v) is 10.1. The van der Waals surface area contributed by atoms with Crippen LogP contribution in [-0.4, -0.2) is 17.7 Å². The summed E-state index contributed by atoms with van der Waals surface area (Å²) >= 11 is 5.49. The largest absolute Gasteiger partial charge is 0.359 e. The average molecular weight is 395 g/mol. The molecule has 2 aromatic rings. The third kappa shape index (κ3) is 4.65. The van der Waals surface area contributed by atoms with Crippen LogP contribution in [0.5, 0.6) is 0 Å². The van der Waals surface area contributed by atoms with E-state index in [9.17, 15) is 9.59 Å². The summed E-state index contributed by atoms with van der Waals surface area (Å²) in [7, 11) is 0. The van der Waals surface area contributed by atoms with Gasteiger partial charge < -0.3 is 10.6 Å². The van der Waals surface area contributed by atoms with Crippen LogP contribution in [0.4, 0.5) is 0 Å². The van der Waals surface area contributed by atoms with E-state index in [2.05, 4.69) is 48.7 Å². The van der Waals surface area contributed by atoms with Gasteiger partial charge >= 0.3 is 0 Å². The van der Waals surface area contributed by atoms with Gasteiger partial charge in [0.05, 0.1) is 6.04 Å². The van der Waals surface area contributed by atoms with Gasteiger partial charge in [0.2, 0.25) is 0 Å². The van der Waals surface area contributed by atoms with Gasteiger partial charge in [-0.3, -0.25) is 9.59 Å². The molecule has 0 saturated heterocycles. The Morgan fingerprint density at radius 2 is 1.82 bits per heavy atom. The van der Waals surface area contributed by atoms with Crippen molar-refractivity contribution in [2.45, 2.75) is 51.6 Å². The van der Waals surface area contributed by atoms with Crippen molar-refractivity contribution in [2.75, 3.05) is 0 Å².